The van der Waals surface area contributed by atoms with Crippen LogP contribution in [0.25, 0.3) is 0 Å². The van der Waals surface area contributed by atoms with Gasteiger partial charge in [0.05, 0.1) is 12.9 Å². The normalized spacial score (nSPS) is 26.0. The van der Waals surface area contributed by atoms with Crippen LogP contribution in [0.2, 0.25) is 0 Å². The largest absolute Gasteiger partial charge is 0.383 e. The third-order valence-corrected chi connectivity index (χ3v) is 3.17. The number of hydrogen-bond donors (Lipinski definition) is 1. The molecule has 0 aromatic carbocycles. The van der Waals surface area contributed by atoms with Crippen LogP contribution < -0.4 is 5.73 Å². The first-order valence-corrected chi connectivity index (χ1v) is 5.56. The van der Waals surface area contributed by atoms with E-state index in [4.69, 9.17) is 10.5 Å². The third kappa shape index (κ3) is 2.38. The quantitative estimate of drug-likeness (QED) is 0.808. The SMILES string of the molecule is COCCn1cncc1C1CCC(N)C1. The molecular weight excluding hydrogens is 190 g/mol. The van der Waals surface area contributed by atoms with Crippen molar-refractivity contribution in [2.45, 2.75) is 37.8 Å². The Balaban J connectivity index is 2.04. The van der Waals surface area contributed by atoms with Crippen LogP contribution in [0.15, 0.2) is 12.5 Å². The molecule has 0 bridgehead atoms. The number of imidazole rings is 1. The zero-order valence-electron chi connectivity index (χ0n) is 9.22. The smallest absolute Gasteiger partial charge is 0.0949 e. The van der Waals surface area contributed by atoms with Gasteiger partial charge in [-0.15, -0.1) is 0 Å². The molecule has 1 heterocycles. The molecule has 84 valence electrons. The Hall–Kier alpha value is -0.870. The maximum absolute atomic E-state index is 5.93. The molecule has 1 fully saturated rings. The first-order valence-electron chi connectivity index (χ1n) is 5.56. The maximum atomic E-state index is 5.93. The summed E-state index contributed by atoms with van der Waals surface area (Å²) in [5.74, 6) is 0.597. The van der Waals surface area contributed by atoms with Crippen LogP contribution in [0.5, 0.6) is 0 Å². The Bertz CT molecular complexity index is 311. The lowest BCUT2D eigenvalue weighted by Crippen LogP contribution is -2.15. The van der Waals surface area contributed by atoms with E-state index in [1.54, 1.807) is 7.11 Å². The van der Waals surface area contributed by atoms with Crippen molar-refractivity contribution in [3.05, 3.63) is 18.2 Å². The molecule has 2 atom stereocenters. The topological polar surface area (TPSA) is 53.1 Å². The van der Waals surface area contributed by atoms with Crippen LogP contribution >= 0.6 is 0 Å². The van der Waals surface area contributed by atoms with Crippen LogP contribution in [-0.2, 0) is 11.3 Å². The van der Waals surface area contributed by atoms with Gasteiger partial charge in [-0.25, -0.2) is 4.98 Å². The van der Waals surface area contributed by atoms with Crippen molar-refractivity contribution in [1.29, 1.82) is 0 Å². The standard InChI is InChI=1S/C11H19N3O/c1-15-5-4-14-8-13-7-11(14)9-2-3-10(12)6-9/h7-10H,2-6,12H2,1H3. The second-order valence-corrected chi connectivity index (χ2v) is 4.27. The highest BCUT2D eigenvalue weighted by atomic mass is 16.5. The number of rotatable bonds is 4. The van der Waals surface area contributed by atoms with Crippen molar-refractivity contribution in [1.82, 2.24) is 9.55 Å². The van der Waals surface area contributed by atoms with E-state index in [2.05, 4.69) is 9.55 Å². The lowest BCUT2D eigenvalue weighted by Gasteiger charge is -2.13. The predicted molar refractivity (Wildman–Crippen MR) is 58.7 cm³/mol. The van der Waals surface area contributed by atoms with Crippen molar-refractivity contribution in [3.8, 4) is 0 Å². The van der Waals surface area contributed by atoms with E-state index in [1.165, 1.54) is 12.1 Å². The van der Waals surface area contributed by atoms with Crippen molar-refractivity contribution < 1.29 is 4.74 Å². The van der Waals surface area contributed by atoms with E-state index in [0.29, 0.717) is 12.0 Å². The van der Waals surface area contributed by atoms with Crippen molar-refractivity contribution >= 4 is 0 Å². The summed E-state index contributed by atoms with van der Waals surface area (Å²) >= 11 is 0. The van der Waals surface area contributed by atoms with Gasteiger partial charge in [-0.3, -0.25) is 0 Å². The zero-order valence-corrected chi connectivity index (χ0v) is 9.22. The summed E-state index contributed by atoms with van der Waals surface area (Å²) in [6.07, 6.45) is 7.29. The molecule has 1 saturated carbocycles. The molecule has 4 nitrogen and oxygen atoms in total. The summed E-state index contributed by atoms with van der Waals surface area (Å²) < 4.78 is 7.27. The Labute approximate surface area is 90.4 Å². The Morgan fingerprint density at radius 3 is 3.13 bits per heavy atom. The van der Waals surface area contributed by atoms with E-state index < -0.39 is 0 Å². The van der Waals surface area contributed by atoms with E-state index in [9.17, 15) is 0 Å². The van der Waals surface area contributed by atoms with Crippen LogP contribution in [0.4, 0.5) is 0 Å². The van der Waals surface area contributed by atoms with E-state index >= 15 is 0 Å². The Morgan fingerprint density at radius 1 is 1.60 bits per heavy atom. The van der Waals surface area contributed by atoms with Crippen LogP contribution in [0, 0.1) is 0 Å². The number of aromatic nitrogens is 2. The van der Waals surface area contributed by atoms with Crippen molar-refractivity contribution in [3.63, 3.8) is 0 Å². The molecule has 0 aliphatic heterocycles. The molecular formula is C11H19N3O. The number of ether oxygens (including phenoxy) is 1. The van der Waals surface area contributed by atoms with Gasteiger partial charge >= 0.3 is 0 Å². The van der Waals surface area contributed by atoms with Gasteiger partial charge in [-0.05, 0) is 19.3 Å². The molecule has 2 N–H and O–H groups in total. The minimum Gasteiger partial charge on any atom is -0.383 e. The van der Waals surface area contributed by atoms with Gasteiger partial charge in [0, 0.05) is 37.5 Å². The number of methoxy groups -OCH3 is 1. The molecule has 0 saturated heterocycles. The van der Waals surface area contributed by atoms with Gasteiger partial charge in [0.15, 0.2) is 0 Å². The van der Waals surface area contributed by atoms with Crippen LogP contribution in [0.3, 0.4) is 0 Å². The highest BCUT2D eigenvalue weighted by molar-refractivity contribution is 5.09. The number of nitrogens with two attached hydrogens (primary N) is 1. The minimum absolute atomic E-state index is 0.376. The molecule has 0 amide bonds. The van der Waals surface area contributed by atoms with E-state index in [1.807, 2.05) is 12.5 Å². The Kier molecular flexibility index (Phi) is 3.38. The first-order chi connectivity index (χ1) is 7.31. The number of hydrogen-bond acceptors (Lipinski definition) is 3. The summed E-state index contributed by atoms with van der Waals surface area (Å²) in [5.41, 5.74) is 7.25. The molecule has 2 rings (SSSR count). The van der Waals surface area contributed by atoms with Crippen molar-refractivity contribution in [2.75, 3.05) is 13.7 Å². The van der Waals surface area contributed by atoms with Gasteiger partial charge in [0.2, 0.25) is 0 Å². The molecule has 0 radical (unpaired) electrons. The highest BCUT2D eigenvalue weighted by Gasteiger charge is 2.25. The summed E-state index contributed by atoms with van der Waals surface area (Å²) in [5, 5.41) is 0. The van der Waals surface area contributed by atoms with Gasteiger partial charge < -0.3 is 15.0 Å². The van der Waals surface area contributed by atoms with Crippen LogP contribution in [-0.4, -0.2) is 29.3 Å². The molecule has 0 spiro atoms. The lowest BCUT2D eigenvalue weighted by molar-refractivity contribution is 0.186. The first kappa shape index (κ1) is 10.6. The minimum atomic E-state index is 0.376. The third-order valence-electron chi connectivity index (χ3n) is 3.17. The van der Waals surface area contributed by atoms with Gasteiger partial charge in [0.1, 0.15) is 0 Å². The van der Waals surface area contributed by atoms with E-state index in [-0.39, 0.29) is 0 Å². The van der Waals surface area contributed by atoms with Crippen molar-refractivity contribution in [2.24, 2.45) is 5.73 Å². The summed E-state index contributed by atoms with van der Waals surface area (Å²) in [7, 11) is 1.72. The Morgan fingerprint density at radius 2 is 2.47 bits per heavy atom. The van der Waals surface area contributed by atoms with Gasteiger partial charge in [0.25, 0.3) is 0 Å². The summed E-state index contributed by atoms with van der Waals surface area (Å²) in [6, 6.07) is 0.376. The fourth-order valence-corrected chi connectivity index (χ4v) is 2.33. The maximum Gasteiger partial charge on any atom is 0.0949 e. The molecule has 1 aliphatic carbocycles. The predicted octanol–water partition coefficient (Wildman–Crippen LogP) is 1.12. The molecule has 15 heavy (non-hydrogen) atoms. The number of nitrogens with zero attached hydrogens (tertiary/aromatic N) is 2. The monoisotopic (exact) mass is 209 g/mol. The lowest BCUT2D eigenvalue weighted by atomic mass is 10.0. The van der Waals surface area contributed by atoms with Crippen LogP contribution in [0.1, 0.15) is 30.9 Å². The molecule has 1 aromatic rings. The molecule has 1 aliphatic rings. The zero-order chi connectivity index (χ0) is 10.7. The molecule has 2 unspecified atom stereocenters. The summed E-state index contributed by atoms with van der Waals surface area (Å²) in [4.78, 5) is 4.21. The molecule has 1 aromatic heterocycles. The fourth-order valence-electron chi connectivity index (χ4n) is 2.33. The fraction of sp³-hybridized carbons (Fsp3) is 0.727. The van der Waals surface area contributed by atoms with E-state index in [0.717, 1.165) is 26.0 Å². The van der Waals surface area contributed by atoms with Gasteiger partial charge in [-0.1, -0.05) is 0 Å². The average molecular weight is 209 g/mol. The van der Waals surface area contributed by atoms with Gasteiger partial charge in [-0.2, -0.15) is 0 Å². The highest BCUT2D eigenvalue weighted by Crippen LogP contribution is 2.33. The molecule has 4 heteroatoms. The average Bonchev–Trinajstić information content (AvgIpc) is 2.82. The summed E-state index contributed by atoms with van der Waals surface area (Å²) in [6.45, 7) is 1.62. The second kappa shape index (κ2) is 4.77. The second-order valence-electron chi connectivity index (χ2n) is 4.27.